The number of piperidine rings is 1. The fraction of sp³-hybridized carbons (Fsp3) is 0.350. The Morgan fingerprint density at radius 3 is 2.33 bits per heavy atom. The number of carbonyl (C=O) groups is 1. The van der Waals surface area contributed by atoms with Crippen LogP contribution in [0.3, 0.4) is 0 Å². The Kier molecular flexibility index (Phi) is 5.94. The molecule has 3 N–H and O–H groups in total. The Morgan fingerprint density at radius 2 is 1.74 bits per heavy atom. The Balaban J connectivity index is 1.52. The zero-order chi connectivity index (χ0) is 19.4. The van der Waals surface area contributed by atoms with E-state index in [4.69, 9.17) is 5.14 Å². The highest BCUT2D eigenvalue weighted by molar-refractivity contribution is 7.89. The molecule has 2 aromatic carbocycles. The molecule has 1 amide bonds. The minimum absolute atomic E-state index is 0.0195. The molecule has 2 aromatic rings. The largest absolute Gasteiger partial charge is 0.326 e. The summed E-state index contributed by atoms with van der Waals surface area (Å²) in [5.74, 6) is -0.0510. The summed E-state index contributed by atoms with van der Waals surface area (Å²) in [5.41, 5.74) is 3.20. The van der Waals surface area contributed by atoms with Gasteiger partial charge in [0.15, 0.2) is 0 Å². The number of hydrogen-bond acceptors (Lipinski definition) is 4. The molecular weight excluding hydrogens is 362 g/mol. The molecule has 0 aromatic heterocycles. The Hall–Kier alpha value is -2.22. The first-order chi connectivity index (χ1) is 12.8. The van der Waals surface area contributed by atoms with Crippen molar-refractivity contribution in [2.75, 3.05) is 18.4 Å². The number of likely N-dealkylation sites (tertiary alicyclic amines) is 1. The first kappa shape index (κ1) is 19.5. The quantitative estimate of drug-likeness (QED) is 0.824. The van der Waals surface area contributed by atoms with Gasteiger partial charge in [0.2, 0.25) is 15.9 Å². The van der Waals surface area contributed by atoms with E-state index in [-0.39, 0.29) is 16.7 Å². The van der Waals surface area contributed by atoms with Crippen LogP contribution in [0.15, 0.2) is 53.4 Å². The normalized spacial score (nSPS) is 16.2. The van der Waals surface area contributed by atoms with Gasteiger partial charge in [-0.15, -0.1) is 0 Å². The van der Waals surface area contributed by atoms with Crippen LogP contribution in [0.4, 0.5) is 5.69 Å². The van der Waals surface area contributed by atoms with Crippen LogP contribution in [0.1, 0.15) is 24.0 Å². The summed E-state index contributed by atoms with van der Waals surface area (Å²) in [7, 11) is -3.72. The number of primary sulfonamides is 1. The lowest BCUT2D eigenvalue weighted by atomic mass is 9.95. The van der Waals surface area contributed by atoms with E-state index in [1.165, 1.54) is 23.3 Å². The lowest BCUT2D eigenvalue weighted by Crippen LogP contribution is -2.37. The van der Waals surface area contributed by atoms with Crippen LogP contribution in [0.2, 0.25) is 0 Å². The molecule has 0 spiro atoms. The summed E-state index contributed by atoms with van der Waals surface area (Å²) < 4.78 is 22.6. The summed E-state index contributed by atoms with van der Waals surface area (Å²) in [4.78, 5) is 14.9. The van der Waals surface area contributed by atoms with Gasteiger partial charge in [-0.1, -0.05) is 24.3 Å². The van der Waals surface area contributed by atoms with E-state index in [2.05, 4.69) is 35.3 Å². The van der Waals surface area contributed by atoms with Crippen LogP contribution in [0.5, 0.6) is 0 Å². The monoisotopic (exact) mass is 387 g/mol. The van der Waals surface area contributed by atoms with E-state index in [1.54, 1.807) is 12.1 Å². The van der Waals surface area contributed by atoms with Crippen LogP contribution in [0.25, 0.3) is 0 Å². The fourth-order valence-electron chi connectivity index (χ4n) is 3.35. The third-order valence-corrected chi connectivity index (χ3v) is 5.99. The lowest BCUT2D eigenvalue weighted by Gasteiger charge is -2.31. The first-order valence-corrected chi connectivity index (χ1v) is 10.6. The molecule has 1 aliphatic rings. The molecule has 0 atom stereocenters. The van der Waals surface area contributed by atoms with E-state index in [9.17, 15) is 13.2 Å². The molecule has 0 bridgehead atoms. The van der Waals surface area contributed by atoms with Crippen molar-refractivity contribution in [1.29, 1.82) is 0 Å². The van der Waals surface area contributed by atoms with Gasteiger partial charge in [-0.05, 0) is 68.2 Å². The molecule has 7 heteroatoms. The molecule has 6 nitrogen and oxygen atoms in total. The molecule has 3 rings (SSSR count). The molecule has 144 valence electrons. The lowest BCUT2D eigenvalue weighted by molar-refractivity contribution is -0.121. The van der Waals surface area contributed by atoms with Gasteiger partial charge in [-0.3, -0.25) is 9.69 Å². The van der Waals surface area contributed by atoms with Gasteiger partial charge in [-0.25, -0.2) is 13.6 Å². The molecule has 1 aliphatic heterocycles. The molecule has 0 radical (unpaired) electrons. The van der Waals surface area contributed by atoms with E-state index in [0.29, 0.717) is 5.69 Å². The molecular formula is C20H25N3O3S. The van der Waals surface area contributed by atoms with Gasteiger partial charge in [-0.2, -0.15) is 0 Å². The standard InChI is InChI=1S/C20H25N3O3S/c1-15-4-2-3-5-17(15)14-23-12-10-16(11-13-23)20(24)22-18-6-8-19(9-7-18)27(21,25)26/h2-9,16H,10-14H2,1H3,(H,22,24)(H2,21,25,26). The summed E-state index contributed by atoms with van der Waals surface area (Å²) in [6.07, 6.45) is 1.62. The molecule has 27 heavy (non-hydrogen) atoms. The molecule has 1 saturated heterocycles. The summed E-state index contributed by atoms with van der Waals surface area (Å²) in [6.45, 7) is 4.81. The van der Waals surface area contributed by atoms with Gasteiger partial charge in [0, 0.05) is 18.2 Å². The van der Waals surface area contributed by atoms with Crippen molar-refractivity contribution in [2.24, 2.45) is 11.1 Å². The topological polar surface area (TPSA) is 92.5 Å². The minimum Gasteiger partial charge on any atom is -0.326 e. The van der Waals surface area contributed by atoms with Crippen molar-refractivity contribution in [3.63, 3.8) is 0 Å². The maximum Gasteiger partial charge on any atom is 0.238 e. The highest BCUT2D eigenvalue weighted by atomic mass is 32.2. The second-order valence-electron chi connectivity index (χ2n) is 7.04. The van der Waals surface area contributed by atoms with Crippen LogP contribution in [-0.2, 0) is 21.4 Å². The van der Waals surface area contributed by atoms with Crippen molar-refractivity contribution < 1.29 is 13.2 Å². The predicted octanol–water partition coefficient (Wildman–Crippen LogP) is 2.49. The number of nitrogens with one attached hydrogen (secondary N) is 1. The molecule has 0 aliphatic carbocycles. The average molecular weight is 388 g/mol. The van der Waals surface area contributed by atoms with Crippen LogP contribution in [0, 0.1) is 12.8 Å². The van der Waals surface area contributed by atoms with Crippen LogP contribution >= 0.6 is 0 Å². The first-order valence-electron chi connectivity index (χ1n) is 9.03. The highest BCUT2D eigenvalue weighted by Gasteiger charge is 2.25. The van der Waals surface area contributed by atoms with E-state index in [0.717, 1.165) is 32.5 Å². The second-order valence-corrected chi connectivity index (χ2v) is 8.60. The Labute approximate surface area is 160 Å². The predicted molar refractivity (Wildman–Crippen MR) is 106 cm³/mol. The summed E-state index contributed by atoms with van der Waals surface area (Å²) in [5, 5.41) is 7.95. The zero-order valence-corrected chi connectivity index (χ0v) is 16.2. The zero-order valence-electron chi connectivity index (χ0n) is 15.4. The number of nitrogens with two attached hydrogens (primary N) is 1. The molecule has 0 unspecified atom stereocenters. The van der Waals surface area contributed by atoms with Crippen LogP contribution < -0.4 is 10.5 Å². The van der Waals surface area contributed by atoms with Gasteiger partial charge in [0.1, 0.15) is 0 Å². The van der Waals surface area contributed by atoms with Gasteiger partial charge in [0.25, 0.3) is 0 Å². The number of anilines is 1. The fourth-order valence-corrected chi connectivity index (χ4v) is 3.87. The number of rotatable bonds is 5. The number of nitrogens with zero attached hydrogens (tertiary/aromatic N) is 1. The molecule has 0 saturated carbocycles. The maximum atomic E-state index is 12.5. The summed E-state index contributed by atoms with van der Waals surface area (Å²) in [6, 6.07) is 14.3. The van der Waals surface area contributed by atoms with Crippen molar-refractivity contribution >= 4 is 21.6 Å². The second kappa shape index (κ2) is 8.21. The third-order valence-electron chi connectivity index (χ3n) is 5.06. The highest BCUT2D eigenvalue weighted by Crippen LogP contribution is 2.22. The molecule has 1 fully saturated rings. The summed E-state index contributed by atoms with van der Waals surface area (Å²) >= 11 is 0. The van der Waals surface area contributed by atoms with E-state index in [1.807, 2.05) is 6.07 Å². The smallest absolute Gasteiger partial charge is 0.238 e. The number of amides is 1. The van der Waals surface area contributed by atoms with Gasteiger partial charge >= 0.3 is 0 Å². The van der Waals surface area contributed by atoms with Crippen molar-refractivity contribution in [2.45, 2.75) is 31.2 Å². The number of hydrogen-bond donors (Lipinski definition) is 2. The van der Waals surface area contributed by atoms with Gasteiger partial charge in [0.05, 0.1) is 4.90 Å². The van der Waals surface area contributed by atoms with Crippen molar-refractivity contribution in [3.05, 3.63) is 59.7 Å². The minimum atomic E-state index is -3.72. The SMILES string of the molecule is Cc1ccccc1CN1CCC(C(=O)Nc2ccc(S(N)(=O)=O)cc2)CC1. The number of carbonyl (C=O) groups excluding carboxylic acids is 1. The van der Waals surface area contributed by atoms with E-state index >= 15 is 0 Å². The maximum absolute atomic E-state index is 12.5. The average Bonchev–Trinajstić information content (AvgIpc) is 2.64. The Bertz CT molecular complexity index is 902. The van der Waals surface area contributed by atoms with E-state index < -0.39 is 10.0 Å². The molecule has 1 heterocycles. The van der Waals surface area contributed by atoms with Gasteiger partial charge < -0.3 is 5.32 Å². The third kappa shape index (κ3) is 5.15. The Morgan fingerprint density at radius 1 is 1.11 bits per heavy atom. The van der Waals surface area contributed by atoms with Crippen molar-refractivity contribution in [3.8, 4) is 0 Å². The number of sulfonamides is 1. The number of benzene rings is 2. The van der Waals surface area contributed by atoms with Crippen LogP contribution in [-0.4, -0.2) is 32.3 Å². The number of aryl methyl sites for hydroxylation is 1. The van der Waals surface area contributed by atoms with Crippen molar-refractivity contribution in [1.82, 2.24) is 4.90 Å².